The molecule has 5 heteroatoms. The molecule has 0 unspecified atom stereocenters. The van der Waals surface area contributed by atoms with Gasteiger partial charge in [0.05, 0.1) is 0 Å². The number of H-pyrrole nitrogens is 1. The minimum absolute atomic E-state index is 0.0912. The molecule has 2 aromatic rings. The normalized spacial score (nSPS) is 12.1. The van der Waals surface area contributed by atoms with Crippen LogP contribution in [-0.4, -0.2) is 42.0 Å². The SMILES string of the molecule is CN(C)C(C)(C)CNC(=O)c1cc2cc(N)ccc2[nH]1. The highest BCUT2D eigenvalue weighted by atomic mass is 16.1. The minimum atomic E-state index is -0.102. The van der Waals surface area contributed by atoms with E-state index in [1.807, 2.05) is 38.4 Å². The van der Waals surface area contributed by atoms with E-state index in [1.165, 1.54) is 0 Å². The summed E-state index contributed by atoms with van der Waals surface area (Å²) < 4.78 is 0. The van der Waals surface area contributed by atoms with Crippen molar-refractivity contribution in [3.8, 4) is 0 Å². The maximum Gasteiger partial charge on any atom is 0.267 e. The van der Waals surface area contributed by atoms with Gasteiger partial charge in [0.15, 0.2) is 0 Å². The highest BCUT2D eigenvalue weighted by Gasteiger charge is 2.21. The molecule has 0 bridgehead atoms. The van der Waals surface area contributed by atoms with Crippen LogP contribution in [0.2, 0.25) is 0 Å². The first kappa shape index (κ1) is 14.4. The highest BCUT2D eigenvalue weighted by Crippen LogP contribution is 2.18. The predicted molar refractivity (Wildman–Crippen MR) is 82.8 cm³/mol. The Morgan fingerprint density at radius 3 is 2.70 bits per heavy atom. The fraction of sp³-hybridized carbons (Fsp3) is 0.400. The summed E-state index contributed by atoms with van der Waals surface area (Å²) in [6, 6.07) is 7.37. The number of nitrogen functional groups attached to an aromatic ring is 1. The van der Waals surface area contributed by atoms with E-state index < -0.39 is 0 Å². The molecule has 108 valence electrons. The van der Waals surface area contributed by atoms with Crippen LogP contribution in [0.15, 0.2) is 24.3 Å². The lowest BCUT2D eigenvalue weighted by molar-refractivity contribution is 0.0915. The minimum Gasteiger partial charge on any atom is -0.399 e. The highest BCUT2D eigenvalue weighted by molar-refractivity contribution is 5.98. The van der Waals surface area contributed by atoms with Gasteiger partial charge in [-0.1, -0.05) is 0 Å². The van der Waals surface area contributed by atoms with Gasteiger partial charge in [0.25, 0.3) is 5.91 Å². The lowest BCUT2D eigenvalue weighted by atomic mass is 10.0. The molecule has 1 amide bonds. The molecular weight excluding hydrogens is 252 g/mol. The van der Waals surface area contributed by atoms with Gasteiger partial charge in [0, 0.05) is 28.7 Å². The van der Waals surface area contributed by atoms with Gasteiger partial charge in [-0.3, -0.25) is 4.79 Å². The number of aromatic amines is 1. The van der Waals surface area contributed by atoms with Gasteiger partial charge in [0.1, 0.15) is 5.69 Å². The Morgan fingerprint density at radius 2 is 2.05 bits per heavy atom. The van der Waals surface area contributed by atoms with Crippen molar-refractivity contribution in [3.05, 3.63) is 30.0 Å². The Morgan fingerprint density at radius 1 is 1.35 bits per heavy atom. The quantitative estimate of drug-likeness (QED) is 0.745. The molecule has 0 aliphatic carbocycles. The molecule has 20 heavy (non-hydrogen) atoms. The van der Waals surface area contributed by atoms with E-state index in [-0.39, 0.29) is 11.4 Å². The molecule has 1 heterocycles. The number of aromatic nitrogens is 1. The Balaban J connectivity index is 2.12. The summed E-state index contributed by atoms with van der Waals surface area (Å²) in [7, 11) is 4.00. The summed E-state index contributed by atoms with van der Waals surface area (Å²) in [5, 5.41) is 3.90. The lowest BCUT2D eigenvalue weighted by Gasteiger charge is -2.32. The first-order valence-electron chi connectivity index (χ1n) is 6.63. The molecule has 1 aromatic carbocycles. The summed E-state index contributed by atoms with van der Waals surface area (Å²) >= 11 is 0. The number of hydrogen-bond donors (Lipinski definition) is 3. The zero-order valence-electron chi connectivity index (χ0n) is 12.4. The number of nitrogens with two attached hydrogens (primary N) is 1. The average molecular weight is 274 g/mol. The number of carbonyl (C=O) groups excluding carboxylic acids is 1. The first-order chi connectivity index (χ1) is 9.29. The molecular formula is C15H22N4O. The zero-order valence-corrected chi connectivity index (χ0v) is 12.4. The molecule has 4 N–H and O–H groups in total. The molecule has 2 rings (SSSR count). The smallest absolute Gasteiger partial charge is 0.267 e. The van der Waals surface area contributed by atoms with Crippen molar-refractivity contribution < 1.29 is 4.79 Å². The van der Waals surface area contributed by atoms with Gasteiger partial charge in [-0.05, 0) is 52.2 Å². The van der Waals surface area contributed by atoms with Crippen molar-refractivity contribution in [1.29, 1.82) is 0 Å². The standard InChI is InChI=1S/C15H22N4O/c1-15(2,19(3)4)9-17-14(20)13-8-10-7-11(16)5-6-12(10)18-13/h5-8,18H,9,16H2,1-4H3,(H,17,20). The van der Waals surface area contributed by atoms with Crippen LogP contribution >= 0.6 is 0 Å². The maximum absolute atomic E-state index is 12.2. The number of anilines is 1. The number of benzene rings is 1. The third kappa shape index (κ3) is 2.93. The van der Waals surface area contributed by atoms with E-state index in [2.05, 4.69) is 29.0 Å². The van der Waals surface area contributed by atoms with Crippen LogP contribution in [0.4, 0.5) is 5.69 Å². The van der Waals surface area contributed by atoms with Crippen molar-refractivity contribution in [3.63, 3.8) is 0 Å². The zero-order chi connectivity index (χ0) is 14.9. The third-order valence-corrected chi connectivity index (χ3v) is 3.78. The van der Waals surface area contributed by atoms with Crippen LogP contribution < -0.4 is 11.1 Å². The summed E-state index contributed by atoms with van der Waals surface area (Å²) in [6.07, 6.45) is 0. The third-order valence-electron chi connectivity index (χ3n) is 3.78. The topological polar surface area (TPSA) is 74.2 Å². The maximum atomic E-state index is 12.2. The summed E-state index contributed by atoms with van der Waals surface area (Å²) in [6.45, 7) is 4.74. The summed E-state index contributed by atoms with van der Waals surface area (Å²) in [5.41, 5.74) is 7.81. The second kappa shape index (κ2) is 5.17. The van der Waals surface area contributed by atoms with Gasteiger partial charge in [0.2, 0.25) is 0 Å². The lowest BCUT2D eigenvalue weighted by Crippen LogP contribution is -2.48. The monoisotopic (exact) mass is 274 g/mol. The number of likely N-dealkylation sites (N-methyl/N-ethyl adjacent to an activating group) is 1. The molecule has 1 aromatic heterocycles. The van der Waals surface area contributed by atoms with Gasteiger partial charge in [-0.2, -0.15) is 0 Å². The largest absolute Gasteiger partial charge is 0.399 e. The fourth-order valence-electron chi connectivity index (χ4n) is 1.82. The number of fused-ring (bicyclic) bond motifs is 1. The predicted octanol–water partition coefficient (Wildman–Crippen LogP) is 1.82. The Hall–Kier alpha value is -2.01. The van der Waals surface area contributed by atoms with Crippen LogP contribution in [0.3, 0.4) is 0 Å². The van der Waals surface area contributed by atoms with Crippen LogP contribution in [0, 0.1) is 0 Å². The van der Waals surface area contributed by atoms with E-state index in [1.54, 1.807) is 0 Å². The second-order valence-electron chi connectivity index (χ2n) is 5.92. The number of nitrogens with zero attached hydrogens (tertiary/aromatic N) is 1. The van der Waals surface area contributed by atoms with E-state index >= 15 is 0 Å². The molecule has 0 atom stereocenters. The van der Waals surface area contributed by atoms with Crippen LogP contribution in [-0.2, 0) is 0 Å². The van der Waals surface area contributed by atoms with Crippen molar-refractivity contribution in [2.24, 2.45) is 0 Å². The molecule has 0 aliphatic rings. The van der Waals surface area contributed by atoms with Crippen molar-refractivity contribution in [2.75, 3.05) is 26.4 Å². The number of hydrogen-bond acceptors (Lipinski definition) is 3. The first-order valence-corrected chi connectivity index (χ1v) is 6.63. The van der Waals surface area contributed by atoms with Crippen molar-refractivity contribution >= 4 is 22.5 Å². The molecule has 0 radical (unpaired) electrons. The molecule has 0 spiro atoms. The van der Waals surface area contributed by atoms with Crippen LogP contribution in [0.1, 0.15) is 24.3 Å². The van der Waals surface area contributed by atoms with Crippen LogP contribution in [0.5, 0.6) is 0 Å². The summed E-state index contributed by atoms with van der Waals surface area (Å²) in [4.78, 5) is 17.4. The number of carbonyl (C=O) groups is 1. The second-order valence-corrected chi connectivity index (χ2v) is 5.92. The van der Waals surface area contributed by atoms with Gasteiger partial charge >= 0.3 is 0 Å². The van der Waals surface area contributed by atoms with E-state index in [4.69, 9.17) is 5.73 Å². The molecule has 5 nitrogen and oxygen atoms in total. The molecule has 0 saturated carbocycles. The van der Waals surface area contributed by atoms with Crippen molar-refractivity contribution in [1.82, 2.24) is 15.2 Å². The van der Waals surface area contributed by atoms with E-state index in [0.717, 1.165) is 10.9 Å². The Bertz CT molecular complexity index is 628. The molecule has 0 aliphatic heterocycles. The fourth-order valence-corrected chi connectivity index (χ4v) is 1.82. The Labute approximate surface area is 119 Å². The van der Waals surface area contributed by atoms with Gasteiger partial charge in [-0.25, -0.2) is 0 Å². The van der Waals surface area contributed by atoms with Crippen molar-refractivity contribution in [2.45, 2.75) is 19.4 Å². The number of amides is 1. The van der Waals surface area contributed by atoms with E-state index in [9.17, 15) is 4.79 Å². The van der Waals surface area contributed by atoms with Crippen LogP contribution in [0.25, 0.3) is 10.9 Å². The Kier molecular flexibility index (Phi) is 3.72. The molecule has 0 saturated heterocycles. The number of rotatable bonds is 4. The molecule has 0 fully saturated rings. The van der Waals surface area contributed by atoms with E-state index in [0.29, 0.717) is 17.9 Å². The summed E-state index contributed by atoms with van der Waals surface area (Å²) in [5.74, 6) is -0.102. The number of nitrogens with one attached hydrogen (secondary N) is 2. The average Bonchev–Trinajstić information content (AvgIpc) is 2.78. The van der Waals surface area contributed by atoms with Gasteiger partial charge < -0.3 is 20.9 Å². The van der Waals surface area contributed by atoms with Gasteiger partial charge in [-0.15, -0.1) is 0 Å².